The highest BCUT2D eigenvalue weighted by Gasteiger charge is 2.00. The number of aromatic nitrogens is 1. The molecule has 0 aliphatic rings. The van der Waals surface area contributed by atoms with Crippen molar-refractivity contribution in [3.63, 3.8) is 0 Å². The normalized spacial score (nSPS) is 10.4. The Morgan fingerprint density at radius 3 is 2.79 bits per heavy atom. The van der Waals surface area contributed by atoms with E-state index in [-0.39, 0.29) is 4.87 Å². The fourth-order valence-electron chi connectivity index (χ4n) is 1.38. The Hall–Kier alpha value is -1.35. The largest absolute Gasteiger partial charge is 0.307 e. The first kappa shape index (κ1) is 9.21. The van der Waals surface area contributed by atoms with Crippen LogP contribution in [-0.2, 0) is 6.54 Å². The Kier molecular flexibility index (Phi) is 2.50. The van der Waals surface area contributed by atoms with Crippen LogP contribution in [0.25, 0.3) is 0 Å². The van der Waals surface area contributed by atoms with Gasteiger partial charge in [0, 0.05) is 11.6 Å². The lowest BCUT2D eigenvalue weighted by Crippen LogP contribution is -2.13. The summed E-state index contributed by atoms with van der Waals surface area (Å²) in [4.78, 5) is 11.4. The lowest BCUT2D eigenvalue weighted by molar-refractivity contribution is 0.779. The fourth-order valence-corrected chi connectivity index (χ4v) is 1.96. The Morgan fingerprint density at radius 1 is 1.36 bits per heavy atom. The summed E-state index contributed by atoms with van der Waals surface area (Å²) in [5.74, 6) is 0. The lowest BCUT2D eigenvalue weighted by atomic mass is 10.1. The van der Waals surface area contributed by atoms with Crippen molar-refractivity contribution >= 4 is 11.3 Å². The van der Waals surface area contributed by atoms with Crippen LogP contribution >= 0.6 is 11.3 Å². The molecular weight excluding hydrogens is 194 g/mol. The third kappa shape index (κ3) is 1.77. The number of hydrogen-bond acceptors (Lipinski definition) is 2. The summed E-state index contributed by atoms with van der Waals surface area (Å²) >= 11 is 1.24. The maximum atomic E-state index is 11.3. The molecule has 0 unspecified atom stereocenters. The van der Waals surface area contributed by atoms with Gasteiger partial charge in [0.1, 0.15) is 0 Å². The third-order valence-corrected chi connectivity index (χ3v) is 2.94. The van der Waals surface area contributed by atoms with E-state index in [1.165, 1.54) is 22.5 Å². The molecule has 3 heteroatoms. The molecular formula is C11H11NOS. The summed E-state index contributed by atoms with van der Waals surface area (Å²) in [5, 5.41) is 1.82. The van der Waals surface area contributed by atoms with E-state index in [4.69, 9.17) is 0 Å². The molecule has 0 spiro atoms. The van der Waals surface area contributed by atoms with E-state index in [1.54, 1.807) is 4.57 Å². The molecule has 0 N–H and O–H groups in total. The van der Waals surface area contributed by atoms with Crippen molar-refractivity contribution in [2.75, 3.05) is 0 Å². The van der Waals surface area contributed by atoms with Crippen LogP contribution in [0.4, 0.5) is 0 Å². The van der Waals surface area contributed by atoms with Gasteiger partial charge in [-0.15, -0.1) is 0 Å². The zero-order valence-electron chi connectivity index (χ0n) is 7.93. The number of hydrogen-bond donors (Lipinski definition) is 0. The molecule has 2 rings (SSSR count). The molecule has 1 aromatic heterocycles. The molecule has 0 aliphatic heterocycles. The Morgan fingerprint density at radius 2 is 2.14 bits per heavy atom. The van der Waals surface area contributed by atoms with E-state index in [1.807, 2.05) is 23.7 Å². The predicted molar refractivity (Wildman–Crippen MR) is 58.9 cm³/mol. The summed E-state index contributed by atoms with van der Waals surface area (Å²) in [6.45, 7) is 2.74. The molecule has 0 atom stereocenters. The van der Waals surface area contributed by atoms with Crippen LogP contribution < -0.4 is 4.87 Å². The van der Waals surface area contributed by atoms with Crippen molar-refractivity contribution in [2.24, 2.45) is 0 Å². The number of thiazole rings is 1. The first-order valence-electron chi connectivity index (χ1n) is 4.46. The van der Waals surface area contributed by atoms with Gasteiger partial charge in [-0.25, -0.2) is 0 Å². The van der Waals surface area contributed by atoms with Crippen LogP contribution in [0.5, 0.6) is 0 Å². The Bertz CT molecular complexity index is 484. The van der Waals surface area contributed by atoms with E-state index in [0.717, 1.165) is 0 Å². The Balaban J connectivity index is 2.32. The highest BCUT2D eigenvalue weighted by molar-refractivity contribution is 7.07. The molecule has 0 fully saturated rings. The average Bonchev–Trinajstić information content (AvgIpc) is 2.56. The monoisotopic (exact) mass is 205 g/mol. The standard InChI is InChI=1S/C11H11NOS/c1-9-4-2-3-5-10(9)8-12-6-7-14-11(12)13/h2-7H,8H2,1H3. The minimum atomic E-state index is 0.105. The van der Waals surface area contributed by atoms with Crippen LogP contribution in [0.3, 0.4) is 0 Å². The average molecular weight is 205 g/mol. The smallest absolute Gasteiger partial charge is 0.302 e. The lowest BCUT2D eigenvalue weighted by Gasteiger charge is -2.04. The van der Waals surface area contributed by atoms with Gasteiger partial charge in [-0.05, 0) is 18.1 Å². The van der Waals surface area contributed by atoms with Crippen LogP contribution in [0.2, 0.25) is 0 Å². The summed E-state index contributed by atoms with van der Waals surface area (Å²) < 4.78 is 1.73. The molecule has 0 amide bonds. The molecule has 1 aromatic carbocycles. The van der Waals surface area contributed by atoms with Crippen molar-refractivity contribution in [3.8, 4) is 0 Å². The third-order valence-electron chi connectivity index (χ3n) is 2.25. The van der Waals surface area contributed by atoms with Gasteiger partial charge in [-0.1, -0.05) is 35.6 Å². The number of aryl methyl sites for hydroxylation is 1. The number of benzene rings is 1. The molecule has 0 saturated carbocycles. The highest BCUT2D eigenvalue weighted by Crippen LogP contribution is 2.08. The second kappa shape index (κ2) is 3.80. The van der Waals surface area contributed by atoms with Crippen LogP contribution in [0.1, 0.15) is 11.1 Å². The van der Waals surface area contributed by atoms with Gasteiger partial charge in [0.15, 0.2) is 0 Å². The van der Waals surface area contributed by atoms with Gasteiger partial charge in [-0.3, -0.25) is 4.79 Å². The zero-order valence-corrected chi connectivity index (χ0v) is 8.75. The van der Waals surface area contributed by atoms with Crippen molar-refractivity contribution in [3.05, 3.63) is 56.6 Å². The van der Waals surface area contributed by atoms with Gasteiger partial charge in [-0.2, -0.15) is 0 Å². The topological polar surface area (TPSA) is 22.0 Å². The number of rotatable bonds is 2. The first-order valence-corrected chi connectivity index (χ1v) is 5.34. The second-order valence-corrected chi connectivity index (χ2v) is 4.08. The van der Waals surface area contributed by atoms with Gasteiger partial charge in [0.2, 0.25) is 0 Å². The SMILES string of the molecule is Cc1ccccc1Cn1ccsc1=O. The maximum absolute atomic E-state index is 11.3. The van der Waals surface area contributed by atoms with E-state index < -0.39 is 0 Å². The van der Waals surface area contributed by atoms with E-state index in [2.05, 4.69) is 19.1 Å². The molecule has 14 heavy (non-hydrogen) atoms. The van der Waals surface area contributed by atoms with Crippen LogP contribution in [0, 0.1) is 6.92 Å². The summed E-state index contributed by atoms with van der Waals surface area (Å²) in [6, 6.07) is 8.13. The van der Waals surface area contributed by atoms with Crippen molar-refractivity contribution in [1.29, 1.82) is 0 Å². The van der Waals surface area contributed by atoms with Crippen LogP contribution in [0.15, 0.2) is 40.6 Å². The highest BCUT2D eigenvalue weighted by atomic mass is 32.1. The van der Waals surface area contributed by atoms with E-state index in [9.17, 15) is 4.79 Å². The Labute approximate surface area is 86.4 Å². The van der Waals surface area contributed by atoms with Gasteiger partial charge in [0.05, 0.1) is 6.54 Å². The minimum absolute atomic E-state index is 0.105. The van der Waals surface area contributed by atoms with Gasteiger partial charge in [0.25, 0.3) is 0 Å². The van der Waals surface area contributed by atoms with E-state index in [0.29, 0.717) is 6.54 Å². The summed E-state index contributed by atoms with van der Waals surface area (Å²) in [7, 11) is 0. The van der Waals surface area contributed by atoms with Crippen molar-refractivity contribution in [2.45, 2.75) is 13.5 Å². The predicted octanol–water partition coefficient (Wildman–Crippen LogP) is 2.27. The molecule has 1 heterocycles. The molecule has 72 valence electrons. The molecule has 0 aliphatic carbocycles. The summed E-state index contributed by atoms with van der Waals surface area (Å²) in [5.41, 5.74) is 2.43. The fraction of sp³-hybridized carbons (Fsp3) is 0.182. The summed E-state index contributed by atoms with van der Waals surface area (Å²) in [6.07, 6.45) is 1.83. The molecule has 0 radical (unpaired) electrons. The zero-order chi connectivity index (χ0) is 9.97. The molecule has 2 nitrogen and oxygen atoms in total. The van der Waals surface area contributed by atoms with E-state index >= 15 is 0 Å². The number of nitrogens with zero attached hydrogens (tertiary/aromatic N) is 1. The molecule has 2 aromatic rings. The maximum Gasteiger partial charge on any atom is 0.307 e. The first-order chi connectivity index (χ1) is 6.77. The van der Waals surface area contributed by atoms with Crippen molar-refractivity contribution in [1.82, 2.24) is 4.57 Å². The van der Waals surface area contributed by atoms with Gasteiger partial charge >= 0.3 is 4.87 Å². The van der Waals surface area contributed by atoms with Gasteiger partial charge < -0.3 is 4.57 Å². The minimum Gasteiger partial charge on any atom is -0.302 e. The quantitative estimate of drug-likeness (QED) is 0.737. The molecule has 0 saturated heterocycles. The molecule has 0 bridgehead atoms. The van der Waals surface area contributed by atoms with Crippen LogP contribution in [-0.4, -0.2) is 4.57 Å². The van der Waals surface area contributed by atoms with Crippen molar-refractivity contribution < 1.29 is 0 Å². The second-order valence-electron chi connectivity index (χ2n) is 3.22.